The third-order valence-electron chi connectivity index (χ3n) is 13.4. The third kappa shape index (κ3) is 9.70. The van der Waals surface area contributed by atoms with Crippen molar-refractivity contribution in [3.05, 3.63) is 103 Å². The van der Waals surface area contributed by atoms with Crippen LogP contribution in [0.5, 0.6) is 0 Å². The van der Waals surface area contributed by atoms with Gasteiger partial charge in [0.15, 0.2) is 12.4 Å². The van der Waals surface area contributed by atoms with Crippen LogP contribution >= 0.6 is 0 Å². The van der Waals surface area contributed by atoms with Crippen LogP contribution in [0.25, 0.3) is 0 Å². The predicted octanol–water partition coefficient (Wildman–Crippen LogP) is 2.85. The molecule has 4 aliphatic carbocycles. The molecule has 324 valence electrons. The summed E-state index contributed by atoms with van der Waals surface area (Å²) in [4.78, 5) is 59.1. The smallest absolute Gasteiger partial charge is 0.402 e. The van der Waals surface area contributed by atoms with Gasteiger partial charge in [0.05, 0.1) is 87.2 Å². The first-order valence-electron chi connectivity index (χ1n) is 21.4. The topological polar surface area (TPSA) is 150 Å². The van der Waals surface area contributed by atoms with Crippen LogP contribution in [0.3, 0.4) is 0 Å². The second-order valence-electron chi connectivity index (χ2n) is 17.9. The van der Waals surface area contributed by atoms with Crippen LogP contribution in [-0.4, -0.2) is 130 Å². The van der Waals surface area contributed by atoms with Gasteiger partial charge in [-0.05, 0) is 59.1 Å². The Hall–Kier alpha value is -3.91. The molecule has 4 saturated carbocycles. The maximum absolute atomic E-state index is 14.9. The van der Waals surface area contributed by atoms with Crippen molar-refractivity contribution in [3.63, 3.8) is 0 Å². The molecule has 4 fully saturated rings. The van der Waals surface area contributed by atoms with Gasteiger partial charge >= 0.3 is 33.3 Å². The van der Waals surface area contributed by atoms with E-state index in [4.69, 9.17) is 84.8 Å². The van der Waals surface area contributed by atoms with E-state index in [0.717, 1.165) is 0 Å². The first-order valence-corrected chi connectivity index (χ1v) is 22.8. The van der Waals surface area contributed by atoms with E-state index in [1.807, 2.05) is 0 Å². The maximum atomic E-state index is 14.9. The zero-order chi connectivity index (χ0) is 48.6. The van der Waals surface area contributed by atoms with Gasteiger partial charge < -0.3 is 14.2 Å². The average molecular weight is 897 g/mol. The van der Waals surface area contributed by atoms with Crippen molar-refractivity contribution >= 4 is 104 Å². The van der Waals surface area contributed by atoms with E-state index >= 15 is 0 Å². The zero-order valence-electron chi connectivity index (χ0n) is 36.5. The molecule has 3 aromatic carbocycles. The molecule has 18 radical (unpaired) electrons. The van der Waals surface area contributed by atoms with Crippen molar-refractivity contribution in [2.24, 2.45) is 10.8 Å². The lowest BCUT2D eigenvalue weighted by Gasteiger charge is -2.67. The van der Waals surface area contributed by atoms with Crippen molar-refractivity contribution in [2.75, 3.05) is 6.61 Å². The summed E-state index contributed by atoms with van der Waals surface area (Å²) in [6, 6.07) is 9.76. The van der Waals surface area contributed by atoms with Crippen LogP contribution in [0.2, 0.25) is 0 Å². The lowest BCUT2D eigenvalue weighted by molar-refractivity contribution is -0.260. The first-order chi connectivity index (χ1) is 31.1. The molecule has 22 heteroatoms. The van der Waals surface area contributed by atoms with Gasteiger partial charge in [0.25, 0.3) is 0 Å². The molecule has 0 amide bonds. The molecule has 0 heterocycles. The molecular formula is C44H41B9F2O10S. The molecule has 4 bridgehead atoms. The van der Waals surface area contributed by atoms with Gasteiger partial charge in [0.1, 0.15) is 11.2 Å². The van der Waals surface area contributed by atoms with Crippen LogP contribution in [0, 0.1) is 10.8 Å². The Bertz CT molecular complexity index is 2450. The number of ketones is 1. The molecule has 4 atom stereocenters. The van der Waals surface area contributed by atoms with Gasteiger partial charge in [-0.2, -0.15) is 17.2 Å². The van der Waals surface area contributed by atoms with Gasteiger partial charge in [0, 0.05) is 31.2 Å². The number of esters is 3. The first kappa shape index (κ1) is 51.5. The third-order valence-corrected chi connectivity index (χ3v) is 14.3. The van der Waals surface area contributed by atoms with Crippen molar-refractivity contribution in [1.29, 1.82) is 0 Å². The minimum atomic E-state index is -6.06. The monoisotopic (exact) mass is 898 g/mol. The van der Waals surface area contributed by atoms with Crippen LogP contribution in [0.4, 0.5) is 8.78 Å². The largest absolute Gasteiger partial charge is 0.458 e. The van der Waals surface area contributed by atoms with Crippen molar-refractivity contribution < 1.29 is 55.1 Å². The molecule has 1 N–H and O–H groups in total. The SMILES string of the molecule is [B]Cc1cc(C[B])c(C[B])c(C(=O)CC23CC4(OC(=O)c5cc(C[B])cc(C[B])c5C[B])CC(OC(=O)c5c(C[B])ccc(C[B])c5C[B])(C2)CC(C(=O)OCC(F)(F)S(=O)(=O)O)(C3)C4)c1. The summed E-state index contributed by atoms with van der Waals surface area (Å²) in [5.41, 5.74) is -2.79. The number of rotatable bonds is 20. The van der Waals surface area contributed by atoms with E-state index in [-0.39, 0.29) is 99.3 Å². The van der Waals surface area contributed by atoms with Gasteiger partial charge in [0.2, 0.25) is 0 Å². The number of hydrogen-bond donors (Lipinski definition) is 1. The van der Waals surface area contributed by atoms with Gasteiger partial charge in [-0.15, -0.1) is 0 Å². The van der Waals surface area contributed by atoms with Crippen molar-refractivity contribution in [2.45, 2.75) is 118 Å². The Labute approximate surface area is 396 Å². The number of hydrogen-bond acceptors (Lipinski definition) is 9. The molecule has 0 aromatic heterocycles. The molecular weight excluding hydrogens is 856 g/mol. The molecule has 4 aliphatic rings. The van der Waals surface area contributed by atoms with Crippen molar-refractivity contribution in [1.82, 2.24) is 0 Å². The molecule has 4 unspecified atom stereocenters. The predicted molar refractivity (Wildman–Crippen MR) is 250 cm³/mol. The van der Waals surface area contributed by atoms with E-state index in [9.17, 15) is 40.9 Å². The molecule has 7 rings (SSSR count). The number of ether oxygens (including phenoxy) is 3. The fourth-order valence-corrected chi connectivity index (χ4v) is 11.5. The lowest BCUT2D eigenvalue weighted by atomic mass is 9.40. The van der Waals surface area contributed by atoms with Crippen LogP contribution < -0.4 is 0 Å². The number of alkyl halides is 2. The molecule has 10 nitrogen and oxygen atoms in total. The number of Topliss-reactive ketones (excluding diaryl/α,β-unsaturated/α-hetero) is 1. The summed E-state index contributed by atoms with van der Waals surface area (Å²) in [5, 5.41) is -4.93. The standard InChI is InChI=1S/C44H41B9F2O10S/c45-8-24-3-28(12-49)32(14-51)30(5-24)35(56)7-40-17-41(39(59)63-23-44(54,55)66(60,61)62)20-42(18-40,64-37(57)31-6-25(9-46)4-29(13-50)33(31)15-52)22-43(19-40,21-41)65-38(58)36-27(11-48)2-1-26(10-47)34(36)16-53/h1-6H,7-23H2,(H,60,61,62). The van der Waals surface area contributed by atoms with Crippen molar-refractivity contribution in [3.8, 4) is 0 Å². The highest BCUT2D eigenvalue weighted by atomic mass is 32.2. The van der Waals surface area contributed by atoms with Gasteiger partial charge in [-0.1, -0.05) is 109 Å². The second-order valence-corrected chi connectivity index (χ2v) is 19.5. The Morgan fingerprint density at radius 2 is 1.08 bits per heavy atom. The van der Waals surface area contributed by atoms with E-state index < -0.39 is 87.0 Å². The molecule has 66 heavy (non-hydrogen) atoms. The minimum Gasteiger partial charge on any atom is -0.458 e. The summed E-state index contributed by atoms with van der Waals surface area (Å²) < 4.78 is 80.4. The summed E-state index contributed by atoms with van der Waals surface area (Å²) >= 11 is 0. The second kappa shape index (κ2) is 19.6. The highest BCUT2D eigenvalue weighted by molar-refractivity contribution is 7.86. The summed E-state index contributed by atoms with van der Waals surface area (Å²) in [6.07, 6.45) is -2.53. The maximum Gasteiger partial charge on any atom is 0.402 e. The van der Waals surface area contributed by atoms with Gasteiger partial charge in [-0.3, -0.25) is 14.1 Å². The summed E-state index contributed by atoms with van der Waals surface area (Å²) in [6.45, 7) is -2.09. The molecule has 0 spiro atoms. The Morgan fingerprint density at radius 1 is 0.591 bits per heavy atom. The quantitative estimate of drug-likeness (QED) is 0.0590. The minimum absolute atomic E-state index is 0.000268. The van der Waals surface area contributed by atoms with Gasteiger partial charge in [-0.25, -0.2) is 9.59 Å². The highest BCUT2D eigenvalue weighted by Crippen LogP contribution is 2.71. The average Bonchev–Trinajstić information content (AvgIpc) is 3.27. The van der Waals surface area contributed by atoms with Crippen LogP contribution in [-0.2, 0) is 86.0 Å². The van der Waals surface area contributed by atoms with E-state index in [0.29, 0.717) is 50.1 Å². The lowest BCUT2D eigenvalue weighted by Crippen LogP contribution is -2.70. The number of halogens is 2. The van der Waals surface area contributed by atoms with E-state index in [1.165, 1.54) is 6.07 Å². The molecule has 0 aliphatic heterocycles. The zero-order valence-corrected chi connectivity index (χ0v) is 37.3. The fraction of sp³-hybridized carbons (Fsp3) is 0.500. The summed E-state index contributed by atoms with van der Waals surface area (Å²) in [7, 11) is 48.7. The number of benzene rings is 3. The normalized spacial score (nSPS) is 23.3. The van der Waals surface area contributed by atoms with E-state index in [2.05, 4.69) is 0 Å². The molecule has 0 saturated heterocycles. The Balaban J connectivity index is 1.57. The number of carbonyl (C=O) groups excluding carboxylic acids is 4. The van der Waals surface area contributed by atoms with E-state index in [1.54, 1.807) is 30.3 Å². The highest BCUT2D eigenvalue weighted by Gasteiger charge is 2.74. The Morgan fingerprint density at radius 3 is 1.56 bits per heavy atom. The number of carbonyl (C=O) groups is 4. The Kier molecular flexibility index (Phi) is 15.3. The van der Waals surface area contributed by atoms with Crippen LogP contribution in [0.1, 0.15) is 126 Å². The fourth-order valence-electron chi connectivity index (χ4n) is 11.3. The summed E-state index contributed by atoms with van der Waals surface area (Å²) in [5.74, 6) is -3.76. The molecule has 3 aromatic rings. The van der Waals surface area contributed by atoms with Crippen LogP contribution in [0.15, 0.2) is 36.4 Å².